The zero-order valence-corrected chi connectivity index (χ0v) is 11.0. The van der Waals surface area contributed by atoms with Crippen LogP contribution >= 0.6 is 11.8 Å². The zero-order valence-electron chi connectivity index (χ0n) is 10.2. The topological polar surface area (TPSA) is 42.9 Å². The van der Waals surface area contributed by atoms with Gasteiger partial charge in [-0.2, -0.15) is 0 Å². The molecule has 1 heterocycles. The summed E-state index contributed by atoms with van der Waals surface area (Å²) >= 11 is 1.82. The van der Waals surface area contributed by atoms with Crippen molar-refractivity contribution in [3.8, 4) is 0 Å². The van der Waals surface area contributed by atoms with Crippen LogP contribution in [0.2, 0.25) is 0 Å². The molecule has 1 rings (SSSR count). The second kappa shape index (κ2) is 8.84. The van der Waals surface area contributed by atoms with E-state index in [4.69, 9.17) is 9.47 Å². The number of nitrogens with one attached hydrogen (secondary N) is 1. The number of hydrogen-bond donors (Lipinski definition) is 1. The third kappa shape index (κ3) is 6.35. The molecule has 1 atom stereocenters. The predicted octanol–water partition coefficient (Wildman–Crippen LogP) is 1.51. The molecule has 0 bridgehead atoms. The minimum absolute atomic E-state index is 0.568. The average Bonchev–Trinajstić information content (AvgIpc) is 2.28. The summed E-state index contributed by atoms with van der Waals surface area (Å²) in [6.45, 7) is 5.15. The molecule has 4 nitrogen and oxygen atoms in total. The van der Waals surface area contributed by atoms with Crippen LogP contribution in [0.4, 0.5) is 0 Å². The summed E-state index contributed by atoms with van der Waals surface area (Å²) in [5.41, 5.74) is 0. The molecule has 1 aliphatic rings. The summed E-state index contributed by atoms with van der Waals surface area (Å²) in [6.07, 6.45) is 2.20. The molecule has 94 valence electrons. The summed E-state index contributed by atoms with van der Waals surface area (Å²) in [5, 5.41) is 4.47. The Balaban J connectivity index is 1.98. The summed E-state index contributed by atoms with van der Waals surface area (Å²) in [4.78, 5) is 4.51. The number of methoxy groups -OCH3 is 1. The molecule has 0 saturated carbocycles. The quantitative estimate of drug-likeness (QED) is 0.692. The number of amidine groups is 1. The van der Waals surface area contributed by atoms with Crippen molar-refractivity contribution >= 4 is 16.9 Å². The normalized spacial score (nSPS) is 23.4. The number of rotatable bonds is 7. The lowest BCUT2D eigenvalue weighted by Crippen LogP contribution is -2.35. The van der Waals surface area contributed by atoms with E-state index >= 15 is 0 Å². The second-order valence-electron chi connectivity index (χ2n) is 3.83. The largest absolute Gasteiger partial charge is 0.382 e. The number of aliphatic imine (C=N–C) groups is 1. The number of hydrogen-bond acceptors (Lipinski definition) is 4. The van der Waals surface area contributed by atoms with Crippen LogP contribution in [0.5, 0.6) is 0 Å². The van der Waals surface area contributed by atoms with Gasteiger partial charge < -0.3 is 14.8 Å². The Morgan fingerprint density at radius 3 is 3.06 bits per heavy atom. The van der Waals surface area contributed by atoms with Crippen LogP contribution in [-0.2, 0) is 9.47 Å². The third-order valence-electron chi connectivity index (χ3n) is 2.29. The predicted molar refractivity (Wildman–Crippen MR) is 69.3 cm³/mol. The standard InChI is InChI=1S/C11H22N2O2S/c1-10-4-9-16-11(13-10)12-5-3-6-15-8-7-14-2/h10H,3-9H2,1-2H3,(H,12,13). The van der Waals surface area contributed by atoms with E-state index in [1.807, 2.05) is 11.8 Å². The smallest absolute Gasteiger partial charge is 0.156 e. The van der Waals surface area contributed by atoms with E-state index in [0.717, 1.165) is 24.7 Å². The molecule has 0 spiro atoms. The van der Waals surface area contributed by atoms with Crippen molar-refractivity contribution in [1.82, 2.24) is 5.32 Å². The molecule has 5 heteroatoms. The first-order valence-electron chi connectivity index (χ1n) is 5.83. The Hall–Kier alpha value is -0.260. The van der Waals surface area contributed by atoms with Crippen LogP contribution in [0.25, 0.3) is 0 Å². The molecule has 1 saturated heterocycles. The van der Waals surface area contributed by atoms with E-state index in [2.05, 4.69) is 17.2 Å². The summed E-state index contributed by atoms with van der Waals surface area (Å²) < 4.78 is 10.3. The highest BCUT2D eigenvalue weighted by Gasteiger charge is 2.12. The Morgan fingerprint density at radius 1 is 1.44 bits per heavy atom. The molecule has 0 aliphatic carbocycles. The van der Waals surface area contributed by atoms with Gasteiger partial charge in [-0.3, -0.25) is 4.99 Å². The van der Waals surface area contributed by atoms with Gasteiger partial charge in [0.2, 0.25) is 0 Å². The van der Waals surface area contributed by atoms with Crippen molar-refractivity contribution in [3.05, 3.63) is 0 Å². The van der Waals surface area contributed by atoms with Gasteiger partial charge >= 0.3 is 0 Å². The monoisotopic (exact) mass is 246 g/mol. The number of ether oxygens (including phenoxy) is 2. The maximum Gasteiger partial charge on any atom is 0.156 e. The van der Waals surface area contributed by atoms with Gasteiger partial charge in [-0.15, -0.1) is 0 Å². The zero-order chi connectivity index (χ0) is 11.6. The molecule has 1 unspecified atom stereocenters. The lowest BCUT2D eigenvalue weighted by Gasteiger charge is -2.21. The average molecular weight is 246 g/mol. The highest BCUT2D eigenvalue weighted by atomic mass is 32.2. The van der Waals surface area contributed by atoms with Gasteiger partial charge in [0.05, 0.1) is 13.2 Å². The minimum Gasteiger partial charge on any atom is -0.382 e. The van der Waals surface area contributed by atoms with E-state index in [-0.39, 0.29) is 0 Å². The first kappa shape index (κ1) is 13.8. The molecule has 0 radical (unpaired) electrons. The van der Waals surface area contributed by atoms with E-state index in [0.29, 0.717) is 19.3 Å². The van der Waals surface area contributed by atoms with Gasteiger partial charge in [0, 0.05) is 32.1 Å². The Morgan fingerprint density at radius 2 is 2.31 bits per heavy atom. The molecule has 1 N–H and O–H groups in total. The van der Waals surface area contributed by atoms with Crippen molar-refractivity contribution in [3.63, 3.8) is 0 Å². The molecule has 1 fully saturated rings. The SMILES string of the molecule is COCCOCCCN=C1NC(C)CCS1. The van der Waals surface area contributed by atoms with Crippen molar-refractivity contribution < 1.29 is 9.47 Å². The van der Waals surface area contributed by atoms with E-state index in [1.54, 1.807) is 7.11 Å². The fourth-order valence-corrected chi connectivity index (χ4v) is 2.47. The highest BCUT2D eigenvalue weighted by Crippen LogP contribution is 2.13. The van der Waals surface area contributed by atoms with E-state index in [9.17, 15) is 0 Å². The van der Waals surface area contributed by atoms with Crippen LogP contribution in [0.3, 0.4) is 0 Å². The van der Waals surface area contributed by atoms with Gasteiger partial charge in [0.1, 0.15) is 0 Å². The third-order valence-corrected chi connectivity index (χ3v) is 3.25. The van der Waals surface area contributed by atoms with Crippen molar-refractivity contribution in [2.75, 3.05) is 39.2 Å². The molecule has 0 aromatic rings. The lowest BCUT2D eigenvalue weighted by molar-refractivity contribution is 0.0702. The van der Waals surface area contributed by atoms with Crippen LogP contribution in [0.15, 0.2) is 4.99 Å². The molecule has 16 heavy (non-hydrogen) atoms. The highest BCUT2D eigenvalue weighted by molar-refractivity contribution is 8.13. The van der Waals surface area contributed by atoms with Crippen molar-refractivity contribution in [2.45, 2.75) is 25.8 Å². The van der Waals surface area contributed by atoms with Gasteiger partial charge in [0.25, 0.3) is 0 Å². The molecular weight excluding hydrogens is 224 g/mol. The Labute approximate surface area is 102 Å². The lowest BCUT2D eigenvalue weighted by atomic mass is 10.3. The Kier molecular flexibility index (Phi) is 7.63. The van der Waals surface area contributed by atoms with Crippen LogP contribution in [-0.4, -0.2) is 50.4 Å². The van der Waals surface area contributed by atoms with E-state index < -0.39 is 0 Å². The van der Waals surface area contributed by atoms with Gasteiger partial charge in [-0.1, -0.05) is 11.8 Å². The molecule has 1 aliphatic heterocycles. The maximum atomic E-state index is 5.36. The summed E-state index contributed by atoms with van der Waals surface area (Å²) in [6, 6.07) is 0.568. The van der Waals surface area contributed by atoms with Gasteiger partial charge in [-0.25, -0.2) is 0 Å². The first-order valence-corrected chi connectivity index (χ1v) is 6.82. The van der Waals surface area contributed by atoms with Crippen LogP contribution < -0.4 is 5.32 Å². The van der Waals surface area contributed by atoms with Gasteiger partial charge in [-0.05, 0) is 19.8 Å². The second-order valence-corrected chi connectivity index (χ2v) is 4.91. The summed E-state index contributed by atoms with van der Waals surface area (Å²) in [5.74, 6) is 1.18. The number of thioether (sulfide) groups is 1. The molecule has 0 aromatic carbocycles. The summed E-state index contributed by atoms with van der Waals surface area (Å²) in [7, 11) is 1.68. The fraction of sp³-hybridized carbons (Fsp3) is 0.909. The van der Waals surface area contributed by atoms with Crippen molar-refractivity contribution in [2.24, 2.45) is 4.99 Å². The molecular formula is C11H22N2O2S. The fourth-order valence-electron chi connectivity index (χ4n) is 1.34. The minimum atomic E-state index is 0.568. The maximum absolute atomic E-state index is 5.36. The number of nitrogens with zero attached hydrogens (tertiary/aromatic N) is 1. The van der Waals surface area contributed by atoms with Crippen LogP contribution in [0, 0.1) is 0 Å². The van der Waals surface area contributed by atoms with Gasteiger partial charge in [0.15, 0.2) is 5.17 Å². The van der Waals surface area contributed by atoms with Crippen LogP contribution in [0.1, 0.15) is 19.8 Å². The molecule has 0 aromatic heterocycles. The van der Waals surface area contributed by atoms with E-state index in [1.165, 1.54) is 12.2 Å². The Bertz CT molecular complexity index is 212. The molecule has 0 amide bonds. The first-order chi connectivity index (χ1) is 7.83. The van der Waals surface area contributed by atoms with Crippen molar-refractivity contribution in [1.29, 1.82) is 0 Å².